The Balaban J connectivity index is 2.33. The Hall–Kier alpha value is -1.65. The van der Waals surface area contributed by atoms with Gasteiger partial charge in [0.1, 0.15) is 0 Å². The number of carbonyl (C=O) groups is 1. The molecule has 1 N–H and O–H groups in total. The molecule has 1 aliphatic heterocycles. The summed E-state index contributed by atoms with van der Waals surface area (Å²) in [5.41, 5.74) is 1.99. The van der Waals surface area contributed by atoms with E-state index in [2.05, 4.69) is 0 Å². The molecule has 1 unspecified atom stereocenters. The van der Waals surface area contributed by atoms with Crippen LogP contribution in [0.4, 0.5) is 0 Å². The molecule has 0 spiro atoms. The number of fused-ring (bicyclic) bond motifs is 1. The molecule has 1 aromatic carbocycles. The van der Waals surface area contributed by atoms with Crippen LogP contribution in [0, 0.1) is 0 Å². The molecule has 1 atom stereocenters. The zero-order chi connectivity index (χ0) is 10.8. The van der Waals surface area contributed by atoms with E-state index in [1.807, 2.05) is 24.3 Å². The summed E-state index contributed by atoms with van der Waals surface area (Å²) in [4.78, 5) is 12.2. The second-order valence-electron chi connectivity index (χ2n) is 3.59. The topological polar surface area (TPSA) is 57.6 Å². The van der Waals surface area contributed by atoms with Gasteiger partial charge in [0.2, 0.25) is 0 Å². The van der Waals surface area contributed by atoms with E-state index < -0.39 is 5.97 Å². The summed E-state index contributed by atoms with van der Waals surface area (Å²) in [7, 11) is 0.716. The van der Waals surface area contributed by atoms with Gasteiger partial charge in [-0.05, 0) is 0 Å². The number of rotatable bonds is 3. The predicted octanol–water partition coefficient (Wildman–Crippen LogP) is 0.983. The van der Waals surface area contributed by atoms with Gasteiger partial charge in [-0.25, -0.2) is 0 Å². The predicted molar refractivity (Wildman–Crippen MR) is 53.4 cm³/mol. The maximum absolute atomic E-state index is 10.8. The Morgan fingerprint density at radius 1 is 1.53 bits per heavy atom. The van der Waals surface area contributed by atoms with Crippen LogP contribution in [0.25, 0.3) is 0 Å². The molecule has 0 radical (unpaired) electrons. The van der Waals surface area contributed by atoms with Gasteiger partial charge < -0.3 is 0 Å². The Bertz CT molecular complexity index is 407. The van der Waals surface area contributed by atoms with Crippen LogP contribution < -0.4 is 0 Å². The fourth-order valence-electron chi connectivity index (χ4n) is 1.99. The normalized spacial score (nSPS) is 18.4. The van der Waals surface area contributed by atoms with Gasteiger partial charge in [0.05, 0.1) is 0 Å². The average Bonchev–Trinajstić information content (AvgIpc) is 2.56. The number of hydrogen-bond acceptors (Lipinski definition) is 2. The van der Waals surface area contributed by atoms with E-state index in [4.69, 9.17) is 5.11 Å². The standard InChI is InChI=1S/C10H10BNO3/c13-10(14)5-9-8-4-2-1-3-7(8)6-12(9)11-15/h1-4,9H,5-6H2,(H,13,14). The van der Waals surface area contributed by atoms with Crippen molar-refractivity contribution in [1.29, 1.82) is 0 Å². The summed E-state index contributed by atoms with van der Waals surface area (Å²) in [6.45, 7) is 0.512. The first-order chi connectivity index (χ1) is 7.22. The van der Waals surface area contributed by atoms with E-state index in [1.54, 1.807) is 0 Å². The fraction of sp³-hybridized carbons (Fsp3) is 0.300. The molecule has 1 heterocycles. The zero-order valence-electron chi connectivity index (χ0n) is 8.09. The van der Waals surface area contributed by atoms with E-state index in [1.165, 1.54) is 4.81 Å². The molecule has 0 amide bonds. The van der Waals surface area contributed by atoms with Crippen molar-refractivity contribution in [3.8, 4) is 0 Å². The number of nitrogens with zero attached hydrogens (tertiary/aromatic N) is 1. The molecule has 0 saturated heterocycles. The van der Waals surface area contributed by atoms with Crippen molar-refractivity contribution >= 4 is 13.3 Å². The molecule has 1 aromatic rings. The first-order valence-corrected chi connectivity index (χ1v) is 4.73. The van der Waals surface area contributed by atoms with Gasteiger partial charge >= 0.3 is 87.1 Å². The second kappa shape index (κ2) is 3.84. The van der Waals surface area contributed by atoms with Crippen LogP contribution in [0.3, 0.4) is 0 Å². The van der Waals surface area contributed by atoms with Gasteiger partial charge in [0, 0.05) is 0 Å². The van der Waals surface area contributed by atoms with Crippen LogP contribution >= 0.6 is 0 Å². The summed E-state index contributed by atoms with van der Waals surface area (Å²) >= 11 is 0. The number of carboxylic acid groups (broad SMARTS) is 1. The third kappa shape index (κ3) is 1.77. The van der Waals surface area contributed by atoms with Crippen molar-refractivity contribution in [3.05, 3.63) is 35.4 Å². The summed E-state index contributed by atoms with van der Waals surface area (Å²) in [6.07, 6.45) is -0.0320. The number of hydrogen-bond donors (Lipinski definition) is 1. The Morgan fingerprint density at radius 3 is 2.93 bits per heavy atom. The van der Waals surface area contributed by atoms with Crippen LogP contribution in [-0.2, 0) is 16.0 Å². The van der Waals surface area contributed by atoms with E-state index >= 15 is 0 Å². The minimum atomic E-state index is -0.886. The van der Waals surface area contributed by atoms with Crippen LogP contribution in [0.5, 0.6) is 0 Å². The molecule has 5 heteroatoms. The van der Waals surface area contributed by atoms with Gasteiger partial charge in [0.15, 0.2) is 0 Å². The molecule has 15 heavy (non-hydrogen) atoms. The summed E-state index contributed by atoms with van der Waals surface area (Å²) in [5, 5.41) is 8.77. The molecule has 0 aliphatic carbocycles. The Labute approximate surface area is 87.8 Å². The first-order valence-electron chi connectivity index (χ1n) is 4.73. The van der Waals surface area contributed by atoms with Gasteiger partial charge in [-0.2, -0.15) is 0 Å². The van der Waals surface area contributed by atoms with Gasteiger partial charge in [0.25, 0.3) is 0 Å². The van der Waals surface area contributed by atoms with E-state index in [0.717, 1.165) is 11.1 Å². The second-order valence-corrected chi connectivity index (χ2v) is 3.59. The van der Waals surface area contributed by atoms with Gasteiger partial charge in [-0.3, -0.25) is 0 Å². The average molecular weight is 203 g/mol. The molecule has 0 saturated carbocycles. The SMILES string of the molecule is O=BN1Cc2ccccc2C1CC(=O)O. The number of carboxylic acids is 1. The molecular weight excluding hydrogens is 193 g/mol. The molecule has 76 valence electrons. The first kappa shape index (κ1) is 9.89. The van der Waals surface area contributed by atoms with Crippen LogP contribution in [-0.4, -0.2) is 23.2 Å². The summed E-state index contributed by atoms with van der Waals surface area (Å²) in [5.74, 6) is -0.886. The summed E-state index contributed by atoms with van der Waals surface area (Å²) in [6, 6.07) is 7.25. The van der Waals surface area contributed by atoms with Crippen molar-refractivity contribution in [2.75, 3.05) is 0 Å². The molecule has 0 aromatic heterocycles. The maximum atomic E-state index is 10.8. The van der Waals surface area contributed by atoms with Crippen molar-refractivity contribution in [3.63, 3.8) is 0 Å². The molecule has 0 fully saturated rings. The molecule has 2 rings (SSSR count). The third-order valence-electron chi connectivity index (χ3n) is 2.67. The monoisotopic (exact) mass is 203 g/mol. The third-order valence-corrected chi connectivity index (χ3v) is 2.67. The Morgan fingerprint density at radius 2 is 2.27 bits per heavy atom. The molecular formula is C10H10BNO3. The van der Waals surface area contributed by atoms with E-state index in [-0.39, 0.29) is 12.5 Å². The van der Waals surface area contributed by atoms with Gasteiger partial charge in [-0.1, -0.05) is 0 Å². The molecule has 1 aliphatic rings. The van der Waals surface area contributed by atoms with E-state index in [0.29, 0.717) is 13.8 Å². The Kier molecular flexibility index (Phi) is 2.54. The zero-order valence-corrected chi connectivity index (χ0v) is 8.09. The van der Waals surface area contributed by atoms with Crippen molar-refractivity contribution in [2.45, 2.75) is 19.0 Å². The van der Waals surface area contributed by atoms with Crippen molar-refractivity contribution in [1.82, 2.24) is 4.81 Å². The minimum absolute atomic E-state index is 0.0320. The fourth-order valence-corrected chi connectivity index (χ4v) is 1.99. The van der Waals surface area contributed by atoms with Crippen molar-refractivity contribution < 1.29 is 14.6 Å². The van der Waals surface area contributed by atoms with Crippen LogP contribution in [0.2, 0.25) is 0 Å². The van der Waals surface area contributed by atoms with Crippen LogP contribution in [0.15, 0.2) is 24.3 Å². The van der Waals surface area contributed by atoms with Crippen LogP contribution in [0.1, 0.15) is 23.6 Å². The number of benzene rings is 1. The molecule has 0 bridgehead atoms. The summed E-state index contributed by atoms with van der Waals surface area (Å²) < 4.78 is 10.8. The van der Waals surface area contributed by atoms with Gasteiger partial charge in [-0.15, -0.1) is 0 Å². The van der Waals surface area contributed by atoms with E-state index in [9.17, 15) is 9.50 Å². The van der Waals surface area contributed by atoms with Crippen molar-refractivity contribution in [2.24, 2.45) is 0 Å². The number of aliphatic carboxylic acids is 1. The quantitative estimate of drug-likeness (QED) is 0.744. The molecule has 4 nitrogen and oxygen atoms in total.